The first-order valence-electron chi connectivity index (χ1n) is 6.14. The number of amides is 1. The van der Waals surface area contributed by atoms with E-state index >= 15 is 0 Å². The van der Waals surface area contributed by atoms with Crippen LogP contribution in [0.3, 0.4) is 0 Å². The number of benzene rings is 1. The zero-order valence-electron chi connectivity index (χ0n) is 10.1. The van der Waals surface area contributed by atoms with E-state index in [2.05, 4.69) is 10.6 Å². The third-order valence-electron chi connectivity index (χ3n) is 2.99. The van der Waals surface area contributed by atoms with Crippen LogP contribution in [0.5, 0.6) is 0 Å². The molecule has 0 spiro atoms. The van der Waals surface area contributed by atoms with Crippen LogP contribution in [0.1, 0.15) is 12.8 Å². The summed E-state index contributed by atoms with van der Waals surface area (Å²) in [5, 5.41) is 6.52. The predicted molar refractivity (Wildman–Crippen MR) is 72.0 cm³/mol. The molecule has 1 heterocycles. The molecular formula is C13H17ClN2O2. The van der Waals surface area contributed by atoms with E-state index < -0.39 is 6.09 Å². The Morgan fingerprint density at radius 2 is 2.44 bits per heavy atom. The molecule has 0 aliphatic carbocycles. The van der Waals surface area contributed by atoms with Crippen molar-refractivity contribution in [3.05, 3.63) is 29.3 Å². The van der Waals surface area contributed by atoms with Crippen molar-refractivity contribution in [3.63, 3.8) is 0 Å². The standard InChI is InChI=1S/C13H17ClN2O2/c14-11-2-1-3-12(8-11)16-13(17)18-7-5-10-4-6-15-9-10/h1-3,8,10,15H,4-7,9H2,(H,16,17). The van der Waals surface area contributed by atoms with Gasteiger partial charge in [0, 0.05) is 10.7 Å². The van der Waals surface area contributed by atoms with Crippen molar-refractivity contribution >= 4 is 23.4 Å². The van der Waals surface area contributed by atoms with E-state index in [9.17, 15) is 4.79 Å². The van der Waals surface area contributed by atoms with E-state index in [0.717, 1.165) is 19.5 Å². The minimum absolute atomic E-state index is 0.428. The van der Waals surface area contributed by atoms with Gasteiger partial charge >= 0.3 is 6.09 Å². The van der Waals surface area contributed by atoms with Crippen LogP contribution in [0, 0.1) is 5.92 Å². The number of halogens is 1. The monoisotopic (exact) mass is 268 g/mol. The van der Waals surface area contributed by atoms with E-state index in [1.54, 1.807) is 24.3 Å². The minimum atomic E-state index is -0.428. The second-order valence-electron chi connectivity index (χ2n) is 4.42. The summed E-state index contributed by atoms with van der Waals surface area (Å²) < 4.78 is 5.13. The van der Waals surface area contributed by atoms with Crippen LogP contribution in [-0.2, 0) is 4.74 Å². The van der Waals surface area contributed by atoms with Gasteiger partial charge in [-0.3, -0.25) is 5.32 Å². The summed E-state index contributed by atoms with van der Waals surface area (Å²) in [4.78, 5) is 11.5. The lowest BCUT2D eigenvalue weighted by Gasteiger charge is -2.10. The number of rotatable bonds is 4. The first-order valence-corrected chi connectivity index (χ1v) is 6.52. The van der Waals surface area contributed by atoms with Crippen LogP contribution in [0.4, 0.5) is 10.5 Å². The smallest absolute Gasteiger partial charge is 0.411 e. The van der Waals surface area contributed by atoms with Gasteiger partial charge in [-0.15, -0.1) is 0 Å². The molecule has 1 aliphatic rings. The highest BCUT2D eigenvalue weighted by atomic mass is 35.5. The third-order valence-corrected chi connectivity index (χ3v) is 3.23. The summed E-state index contributed by atoms with van der Waals surface area (Å²) in [6.45, 7) is 2.55. The van der Waals surface area contributed by atoms with Gasteiger partial charge in [0.15, 0.2) is 0 Å². The third kappa shape index (κ3) is 4.20. The van der Waals surface area contributed by atoms with Crippen molar-refractivity contribution in [1.29, 1.82) is 0 Å². The number of carbonyl (C=O) groups is 1. The molecule has 2 N–H and O–H groups in total. The highest BCUT2D eigenvalue weighted by molar-refractivity contribution is 6.30. The van der Waals surface area contributed by atoms with E-state index in [1.165, 1.54) is 6.42 Å². The molecule has 0 bridgehead atoms. The Balaban J connectivity index is 1.68. The number of anilines is 1. The lowest BCUT2D eigenvalue weighted by Crippen LogP contribution is -2.17. The number of ether oxygens (including phenoxy) is 1. The summed E-state index contributed by atoms with van der Waals surface area (Å²) in [6, 6.07) is 6.99. The Morgan fingerprint density at radius 3 is 3.17 bits per heavy atom. The van der Waals surface area contributed by atoms with Crippen molar-refractivity contribution in [2.45, 2.75) is 12.8 Å². The first-order chi connectivity index (χ1) is 8.74. The van der Waals surface area contributed by atoms with Gasteiger partial charge in [-0.1, -0.05) is 17.7 Å². The van der Waals surface area contributed by atoms with Crippen molar-refractivity contribution in [3.8, 4) is 0 Å². The summed E-state index contributed by atoms with van der Waals surface area (Å²) >= 11 is 5.82. The van der Waals surface area contributed by atoms with Crippen molar-refractivity contribution in [2.24, 2.45) is 5.92 Å². The van der Waals surface area contributed by atoms with Crippen LogP contribution in [0.15, 0.2) is 24.3 Å². The van der Waals surface area contributed by atoms with Crippen molar-refractivity contribution < 1.29 is 9.53 Å². The lowest BCUT2D eigenvalue weighted by molar-refractivity contribution is 0.154. The van der Waals surface area contributed by atoms with Crippen molar-refractivity contribution in [1.82, 2.24) is 5.32 Å². The molecule has 1 aromatic rings. The van der Waals surface area contributed by atoms with Crippen LogP contribution >= 0.6 is 11.6 Å². The quantitative estimate of drug-likeness (QED) is 0.883. The lowest BCUT2D eigenvalue weighted by atomic mass is 10.1. The second kappa shape index (κ2) is 6.61. The molecule has 18 heavy (non-hydrogen) atoms. The SMILES string of the molecule is O=C(Nc1cccc(Cl)c1)OCCC1CCNC1. The Labute approximate surface area is 112 Å². The fraction of sp³-hybridized carbons (Fsp3) is 0.462. The number of hydrogen-bond acceptors (Lipinski definition) is 3. The van der Waals surface area contributed by atoms with E-state index in [1.807, 2.05) is 0 Å². The molecule has 1 aliphatic heterocycles. The topological polar surface area (TPSA) is 50.4 Å². The highest BCUT2D eigenvalue weighted by Gasteiger charge is 2.14. The molecule has 1 amide bonds. The van der Waals surface area contributed by atoms with Gasteiger partial charge in [0.2, 0.25) is 0 Å². The molecule has 0 radical (unpaired) electrons. The fourth-order valence-corrected chi connectivity index (χ4v) is 2.19. The molecule has 0 aromatic heterocycles. The van der Waals surface area contributed by atoms with Gasteiger partial charge in [0.25, 0.3) is 0 Å². The van der Waals surface area contributed by atoms with Gasteiger partial charge in [-0.05, 0) is 50.0 Å². The summed E-state index contributed by atoms with van der Waals surface area (Å²) in [5.74, 6) is 0.629. The Hall–Kier alpha value is -1.26. The first kappa shape index (κ1) is 13.2. The maximum absolute atomic E-state index is 11.5. The molecule has 0 saturated carbocycles. The zero-order chi connectivity index (χ0) is 12.8. The molecule has 1 fully saturated rings. The van der Waals surface area contributed by atoms with Gasteiger partial charge in [-0.2, -0.15) is 0 Å². The maximum atomic E-state index is 11.5. The zero-order valence-corrected chi connectivity index (χ0v) is 10.9. The molecule has 98 valence electrons. The number of hydrogen-bond donors (Lipinski definition) is 2. The molecular weight excluding hydrogens is 252 g/mol. The van der Waals surface area contributed by atoms with E-state index in [0.29, 0.717) is 23.2 Å². The Bertz CT molecular complexity index is 406. The van der Waals surface area contributed by atoms with Gasteiger partial charge < -0.3 is 10.1 Å². The normalized spacial score (nSPS) is 18.6. The Morgan fingerprint density at radius 1 is 1.56 bits per heavy atom. The van der Waals surface area contributed by atoms with E-state index in [4.69, 9.17) is 16.3 Å². The molecule has 1 saturated heterocycles. The van der Waals surface area contributed by atoms with Gasteiger partial charge in [-0.25, -0.2) is 4.79 Å². The molecule has 2 rings (SSSR count). The van der Waals surface area contributed by atoms with Gasteiger partial charge in [0.1, 0.15) is 0 Å². The van der Waals surface area contributed by atoms with Crippen molar-refractivity contribution in [2.75, 3.05) is 25.0 Å². The van der Waals surface area contributed by atoms with Crippen LogP contribution in [0.2, 0.25) is 5.02 Å². The van der Waals surface area contributed by atoms with Crippen LogP contribution in [-0.4, -0.2) is 25.8 Å². The fourth-order valence-electron chi connectivity index (χ4n) is 2.00. The highest BCUT2D eigenvalue weighted by Crippen LogP contribution is 2.15. The predicted octanol–water partition coefficient (Wildman–Crippen LogP) is 2.89. The largest absolute Gasteiger partial charge is 0.449 e. The summed E-state index contributed by atoms with van der Waals surface area (Å²) in [6.07, 6.45) is 1.65. The Kier molecular flexibility index (Phi) is 4.84. The van der Waals surface area contributed by atoms with Crippen LogP contribution in [0.25, 0.3) is 0 Å². The number of carbonyl (C=O) groups excluding carboxylic acids is 1. The van der Waals surface area contributed by atoms with E-state index in [-0.39, 0.29) is 0 Å². The summed E-state index contributed by atoms with van der Waals surface area (Å²) in [5.41, 5.74) is 0.648. The molecule has 1 unspecified atom stereocenters. The second-order valence-corrected chi connectivity index (χ2v) is 4.86. The summed E-state index contributed by atoms with van der Waals surface area (Å²) in [7, 11) is 0. The number of nitrogens with one attached hydrogen (secondary N) is 2. The molecule has 5 heteroatoms. The molecule has 4 nitrogen and oxygen atoms in total. The molecule has 1 atom stereocenters. The average molecular weight is 269 g/mol. The minimum Gasteiger partial charge on any atom is -0.449 e. The average Bonchev–Trinajstić information content (AvgIpc) is 2.82. The maximum Gasteiger partial charge on any atom is 0.411 e. The van der Waals surface area contributed by atoms with Gasteiger partial charge in [0.05, 0.1) is 6.61 Å². The van der Waals surface area contributed by atoms with Crippen LogP contribution < -0.4 is 10.6 Å². The molecule has 1 aromatic carbocycles.